The lowest BCUT2D eigenvalue weighted by Gasteiger charge is -1.80. The first-order valence-corrected chi connectivity index (χ1v) is 1.15. The lowest BCUT2D eigenvalue weighted by atomic mass is 10.2. The van der Waals surface area contributed by atoms with Crippen molar-refractivity contribution in [3.8, 4) is 0 Å². The van der Waals surface area contributed by atoms with Crippen molar-refractivity contribution in [1.82, 2.24) is 0 Å². The standard InChI is InChI=1S/CH2B2FO/c2-1-5-3-4/h1H2. The van der Waals surface area contributed by atoms with Gasteiger partial charge < -0.3 is 4.65 Å². The normalized spacial score (nSPS) is 7.40. The Labute approximate surface area is 32.2 Å². The van der Waals surface area contributed by atoms with Gasteiger partial charge in [0.15, 0.2) is 0 Å². The molecule has 0 saturated carbocycles. The summed E-state index contributed by atoms with van der Waals surface area (Å²) in [7, 11) is 4.70. The molecule has 0 aromatic carbocycles. The van der Waals surface area contributed by atoms with Gasteiger partial charge in [-0.05, 0) is 6.51 Å². The van der Waals surface area contributed by atoms with Crippen molar-refractivity contribution in [1.29, 1.82) is 0 Å². The zero-order valence-corrected chi connectivity index (χ0v) is 2.65. The van der Waals surface area contributed by atoms with E-state index in [1.54, 1.807) is 0 Å². The van der Waals surface area contributed by atoms with Gasteiger partial charge in [0.05, 0.1) is 0 Å². The van der Waals surface area contributed by atoms with Crippen LogP contribution in [0.3, 0.4) is 0 Å². The summed E-state index contributed by atoms with van der Waals surface area (Å²) in [6.45, 7) is -0.0868. The van der Waals surface area contributed by atoms with E-state index >= 15 is 0 Å². The first-order chi connectivity index (χ1) is 2.41. The summed E-state index contributed by atoms with van der Waals surface area (Å²) in [5.41, 5.74) is 0. The minimum Gasteiger partial charge on any atom is -0.419 e. The van der Waals surface area contributed by atoms with Crippen LogP contribution in [-0.2, 0) is 4.65 Å². The van der Waals surface area contributed by atoms with Crippen LogP contribution in [0.5, 0.6) is 0 Å². The van der Waals surface area contributed by atoms with Crippen molar-refractivity contribution in [2.75, 3.05) is 6.51 Å². The number of rotatable bonds is 2. The van der Waals surface area contributed by atoms with Gasteiger partial charge in [-0.3, -0.25) is 4.32 Å². The number of hydrogen-bond donors (Lipinski definition) is 0. The summed E-state index contributed by atoms with van der Waals surface area (Å²) >= 11 is 0. The van der Waals surface area contributed by atoms with Crippen molar-refractivity contribution in [2.45, 2.75) is 0 Å². The van der Waals surface area contributed by atoms with Crippen LogP contribution in [0.2, 0.25) is 0 Å². The van der Waals surface area contributed by atoms with E-state index in [9.17, 15) is 4.32 Å². The number of halogens is 1. The van der Waals surface area contributed by atoms with Crippen molar-refractivity contribution >= 4 is 15.6 Å². The zero-order chi connectivity index (χ0) is 4.12. The average molecular weight is 70.6 g/mol. The molecule has 0 aliphatic rings. The summed E-state index contributed by atoms with van der Waals surface area (Å²) in [4.78, 5) is 0. The van der Waals surface area contributed by atoms with Crippen LogP contribution in [0.1, 0.15) is 0 Å². The van der Waals surface area contributed by atoms with E-state index in [2.05, 4.69) is 12.5 Å². The predicted octanol–water partition coefficient (Wildman–Crippen LogP) is -0.367. The van der Waals surface area contributed by atoms with Gasteiger partial charge >= 0.3 is 7.76 Å². The maximum Gasteiger partial charge on any atom is 0.535 e. The summed E-state index contributed by atoms with van der Waals surface area (Å²) in [5, 5.41) is 0. The van der Waals surface area contributed by atoms with E-state index in [0.717, 1.165) is 0 Å². The second-order valence-electron chi connectivity index (χ2n) is 0.422. The van der Waals surface area contributed by atoms with Gasteiger partial charge in [0.2, 0.25) is 0 Å². The summed E-state index contributed by atoms with van der Waals surface area (Å²) in [6, 6.07) is 0. The molecule has 0 aliphatic heterocycles. The molecule has 0 amide bonds. The minimum absolute atomic E-state index is 0.0556. The summed E-state index contributed by atoms with van der Waals surface area (Å²) < 4.78 is 14.4. The van der Waals surface area contributed by atoms with E-state index in [0.29, 0.717) is 0 Å². The van der Waals surface area contributed by atoms with Gasteiger partial charge in [-0.25, -0.2) is 0 Å². The molecule has 0 N–H and O–H groups in total. The third-order valence-electron chi connectivity index (χ3n) is 0.159. The molecule has 0 rings (SSSR count). The second kappa shape index (κ2) is 4.02. The van der Waals surface area contributed by atoms with Crippen molar-refractivity contribution in [2.24, 2.45) is 0 Å². The SMILES string of the molecule is [B]CO[B]F. The Morgan fingerprint density at radius 2 is 2.60 bits per heavy atom. The van der Waals surface area contributed by atoms with E-state index in [4.69, 9.17) is 0 Å². The van der Waals surface area contributed by atoms with Gasteiger partial charge in [-0.1, -0.05) is 0 Å². The van der Waals surface area contributed by atoms with Crippen LogP contribution >= 0.6 is 0 Å². The molecule has 0 unspecified atom stereocenters. The molecule has 0 aromatic heterocycles. The maximum absolute atomic E-state index is 10.6. The highest BCUT2D eigenvalue weighted by Gasteiger charge is 1.77. The van der Waals surface area contributed by atoms with Gasteiger partial charge in [0.1, 0.15) is 7.85 Å². The fourth-order valence-electron chi connectivity index (χ4n) is 0.0364. The van der Waals surface area contributed by atoms with Crippen molar-refractivity contribution in [3.05, 3.63) is 0 Å². The van der Waals surface area contributed by atoms with Crippen LogP contribution in [0.25, 0.3) is 0 Å². The molecular formula is CH2B2FO. The lowest BCUT2D eigenvalue weighted by molar-refractivity contribution is 0.379. The molecule has 0 saturated heterocycles. The van der Waals surface area contributed by atoms with E-state index in [1.165, 1.54) is 0 Å². The highest BCUT2D eigenvalue weighted by molar-refractivity contribution is 6.19. The molecule has 1 nitrogen and oxygen atoms in total. The summed E-state index contributed by atoms with van der Waals surface area (Å²) in [6.07, 6.45) is 0. The molecule has 0 aromatic rings. The fourth-order valence-corrected chi connectivity index (χ4v) is 0.0364. The topological polar surface area (TPSA) is 9.23 Å². The van der Waals surface area contributed by atoms with Crippen LogP contribution in [0.4, 0.5) is 4.32 Å². The third kappa shape index (κ3) is 4.02. The molecule has 25 valence electrons. The monoisotopic (exact) mass is 71.0 g/mol. The van der Waals surface area contributed by atoms with Gasteiger partial charge in [0, 0.05) is 0 Å². The third-order valence-corrected chi connectivity index (χ3v) is 0.159. The highest BCUT2D eigenvalue weighted by Crippen LogP contribution is 1.60. The Morgan fingerprint density at radius 1 is 2.00 bits per heavy atom. The largest absolute Gasteiger partial charge is 0.535 e. The molecule has 3 radical (unpaired) electrons. The van der Waals surface area contributed by atoms with E-state index in [-0.39, 0.29) is 14.3 Å². The zero-order valence-electron chi connectivity index (χ0n) is 2.65. The molecule has 5 heavy (non-hydrogen) atoms. The average Bonchev–Trinajstić information content (AvgIpc) is 1.41. The highest BCUT2D eigenvalue weighted by atomic mass is 19.1. The van der Waals surface area contributed by atoms with Crippen molar-refractivity contribution < 1.29 is 8.97 Å². The molecule has 4 heteroatoms. The van der Waals surface area contributed by atoms with Gasteiger partial charge in [-0.2, -0.15) is 0 Å². The second-order valence-corrected chi connectivity index (χ2v) is 0.422. The molecule has 0 bridgehead atoms. The minimum atomic E-state index is -0.0868. The molecule has 0 aliphatic carbocycles. The molecule has 0 atom stereocenters. The first kappa shape index (κ1) is 5.02. The lowest BCUT2D eigenvalue weighted by Crippen LogP contribution is -1.91. The first-order valence-electron chi connectivity index (χ1n) is 1.15. The maximum atomic E-state index is 10.6. The Bertz CT molecular complexity index is 17.1. The van der Waals surface area contributed by atoms with Gasteiger partial charge in [0.25, 0.3) is 0 Å². The van der Waals surface area contributed by atoms with E-state index < -0.39 is 0 Å². The van der Waals surface area contributed by atoms with Crippen LogP contribution in [-0.4, -0.2) is 22.1 Å². The summed E-state index contributed by atoms with van der Waals surface area (Å²) in [5.74, 6) is 0. The Hall–Kier alpha value is 0.0199. The molecular weight excluding hydrogens is 68.6 g/mol. The van der Waals surface area contributed by atoms with Crippen molar-refractivity contribution in [3.63, 3.8) is 0 Å². The molecule has 0 spiro atoms. The number of hydrogen-bond acceptors (Lipinski definition) is 1. The van der Waals surface area contributed by atoms with Crippen LogP contribution in [0, 0.1) is 0 Å². The molecule has 0 heterocycles. The smallest absolute Gasteiger partial charge is 0.419 e. The van der Waals surface area contributed by atoms with Crippen LogP contribution in [0.15, 0.2) is 0 Å². The molecule has 0 fully saturated rings. The van der Waals surface area contributed by atoms with Gasteiger partial charge in [-0.15, -0.1) is 0 Å². The fraction of sp³-hybridized carbons (Fsp3) is 1.00. The van der Waals surface area contributed by atoms with Crippen LogP contribution < -0.4 is 0 Å². The Kier molecular flexibility index (Phi) is 4.04. The Morgan fingerprint density at radius 3 is 2.60 bits per heavy atom. The quantitative estimate of drug-likeness (QED) is 0.403. The Balaban J connectivity index is 2.19. The van der Waals surface area contributed by atoms with E-state index in [1.807, 2.05) is 0 Å². The predicted molar refractivity (Wildman–Crippen MR) is 18.6 cm³/mol.